The Morgan fingerprint density at radius 1 is 1.07 bits per heavy atom. The molecule has 0 atom stereocenters. The average molecular weight is 383 g/mol. The predicted molar refractivity (Wildman–Crippen MR) is 99.3 cm³/mol. The highest BCUT2D eigenvalue weighted by atomic mass is 32.1. The first-order valence-corrected chi connectivity index (χ1v) is 8.73. The molecule has 1 amide bonds. The molecule has 0 aliphatic carbocycles. The van der Waals surface area contributed by atoms with E-state index in [1.165, 1.54) is 23.5 Å². The molecule has 136 valence electrons. The molecule has 2 heterocycles. The van der Waals surface area contributed by atoms with Crippen molar-refractivity contribution in [1.29, 1.82) is 0 Å². The maximum absolute atomic E-state index is 12.3. The van der Waals surface area contributed by atoms with Gasteiger partial charge in [-0.15, -0.1) is 11.3 Å². The number of aromatic carboxylic acids is 1. The van der Waals surface area contributed by atoms with Crippen LogP contribution < -0.4 is 20.1 Å². The van der Waals surface area contributed by atoms with Gasteiger partial charge in [-0.05, 0) is 30.3 Å². The predicted octanol–water partition coefficient (Wildman–Crippen LogP) is 3.57. The molecule has 0 saturated heterocycles. The van der Waals surface area contributed by atoms with E-state index in [1.54, 1.807) is 29.6 Å². The Morgan fingerprint density at radius 2 is 1.93 bits per heavy atom. The third-order valence-corrected chi connectivity index (χ3v) is 4.49. The monoisotopic (exact) mass is 383 g/mol. The van der Waals surface area contributed by atoms with Crippen molar-refractivity contribution in [3.8, 4) is 11.5 Å². The van der Waals surface area contributed by atoms with Gasteiger partial charge in [-0.3, -0.25) is 4.79 Å². The fourth-order valence-electron chi connectivity index (χ4n) is 2.46. The van der Waals surface area contributed by atoms with Crippen molar-refractivity contribution < 1.29 is 24.2 Å². The summed E-state index contributed by atoms with van der Waals surface area (Å²) >= 11 is 1.28. The van der Waals surface area contributed by atoms with Crippen LogP contribution in [0.5, 0.6) is 11.5 Å². The molecule has 1 aliphatic heterocycles. The second-order valence-corrected chi connectivity index (χ2v) is 6.43. The smallest absolute Gasteiger partial charge is 0.335 e. The average Bonchev–Trinajstić information content (AvgIpc) is 3.31. The van der Waals surface area contributed by atoms with Crippen molar-refractivity contribution >= 4 is 39.7 Å². The number of fused-ring (bicyclic) bond motifs is 1. The lowest BCUT2D eigenvalue weighted by Crippen LogP contribution is -2.12. The van der Waals surface area contributed by atoms with Gasteiger partial charge in [0.1, 0.15) is 5.69 Å². The van der Waals surface area contributed by atoms with Gasteiger partial charge in [0.25, 0.3) is 5.91 Å². The van der Waals surface area contributed by atoms with Crippen LogP contribution in [0.2, 0.25) is 0 Å². The number of anilines is 3. The summed E-state index contributed by atoms with van der Waals surface area (Å²) in [7, 11) is 0. The first-order valence-electron chi connectivity index (χ1n) is 7.85. The Hall–Kier alpha value is -3.59. The zero-order valence-corrected chi connectivity index (χ0v) is 14.6. The third kappa shape index (κ3) is 3.67. The van der Waals surface area contributed by atoms with Crippen molar-refractivity contribution in [1.82, 2.24) is 4.98 Å². The summed E-state index contributed by atoms with van der Waals surface area (Å²) in [4.78, 5) is 27.6. The largest absolute Gasteiger partial charge is 0.478 e. The normalized spacial score (nSPS) is 11.9. The molecule has 0 spiro atoms. The number of nitrogens with one attached hydrogen (secondary N) is 2. The lowest BCUT2D eigenvalue weighted by Gasteiger charge is -2.05. The van der Waals surface area contributed by atoms with Crippen LogP contribution in [0.3, 0.4) is 0 Å². The summed E-state index contributed by atoms with van der Waals surface area (Å²) in [6, 6.07) is 11.4. The molecule has 27 heavy (non-hydrogen) atoms. The maximum atomic E-state index is 12.3. The van der Waals surface area contributed by atoms with Gasteiger partial charge < -0.3 is 25.2 Å². The van der Waals surface area contributed by atoms with E-state index in [1.807, 2.05) is 6.07 Å². The number of thiazole rings is 1. The van der Waals surface area contributed by atoms with Gasteiger partial charge >= 0.3 is 5.97 Å². The number of carbonyl (C=O) groups is 2. The number of amides is 1. The minimum atomic E-state index is -1.06. The third-order valence-electron chi connectivity index (χ3n) is 3.73. The number of carboxylic acid groups (broad SMARTS) is 1. The number of hydrogen-bond acceptors (Lipinski definition) is 7. The molecular formula is C18H13N3O5S. The van der Waals surface area contributed by atoms with Crippen LogP contribution in [0.15, 0.2) is 47.8 Å². The van der Waals surface area contributed by atoms with Crippen molar-refractivity contribution in [2.45, 2.75) is 0 Å². The molecule has 0 bridgehead atoms. The Bertz CT molecular complexity index is 1030. The standard InChI is InChI=1S/C18H13N3O5S/c22-16(19-11-3-1-2-10(6-11)17(23)24)13-8-27-18(21-13)20-12-4-5-14-15(7-12)26-9-25-14/h1-8H,9H2,(H,19,22)(H,20,21)(H,23,24). The van der Waals surface area contributed by atoms with E-state index in [9.17, 15) is 9.59 Å². The molecule has 1 aliphatic rings. The zero-order chi connectivity index (χ0) is 18.8. The topological polar surface area (TPSA) is 110 Å². The highest BCUT2D eigenvalue weighted by Gasteiger charge is 2.15. The van der Waals surface area contributed by atoms with E-state index in [4.69, 9.17) is 14.6 Å². The Kier molecular flexibility index (Phi) is 4.35. The van der Waals surface area contributed by atoms with E-state index in [2.05, 4.69) is 15.6 Å². The van der Waals surface area contributed by atoms with Crippen molar-refractivity contribution in [3.05, 3.63) is 59.1 Å². The fraction of sp³-hybridized carbons (Fsp3) is 0.0556. The van der Waals surface area contributed by atoms with E-state index in [0.717, 1.165) is 5.69 Å². The number of carboxylic acids is 1. The lowest BCUT2D eigenvalue weighted by atomic mass is 10.2. The molecular weight excluding hydrogens is 370 g/mol. The fourth-order valence-corrected chi connectivity index (χ4v) is 3.17. The second kappa shape index (κ2) is 6.96. The molecule has 0 saturated carbocycles. The molecule has 8 nitrogen and oxygen atoms in total. The van der Waals surface area contributed by atoms with Gasteiger partial charge in [-0.1, -0.05) is 6.07 Å². The van der Waals surface area contributed by atoms with Crippen LogP contribution in [0.25, 0.3) is 0 Å². The molecule has 0 fully saturated rings. The zero-order valence-electron chi connectivity index (χ0n) is 13.8. The minimum Gasteiger partial charge on any atom is -0.478 e. The van der Waals surface area contributed by atoms with Gasteiger partial charge in [0, 0.05) is 22.8 Å². The van der Waals surface area contributed by atoms with Gasteiger partial charge in [0.05, 0.1) is 5.56 Å². The minimum absolute atomic E-state index is 0.0937. The quantitative estimate of drug-likeness (QED) is 0.618. The van der Waals surface area contributed by atoms with Crippen molar-refractivity contribution in [3.63, 3.8) is 0 Å². The Morgan fingerprint density at radius 3 is 2.78 bits per heavy atom. The summed E-state index contributed by atoms with van der Waals surface area (Å²) in [5.74, 6) is -0.154. The van der Waals surface area contributed by atoms with Crippen LogP contribution in [0.1, 0.15) is 20.8 Å². The number of ether oxygens (including phenoxy) is 2. The first-order chi connectivity index (χ1) is 13.1. The first kappa shape index (κ1) is 16.9. The summed E-state index contributed by atoms with van der Waals surface area (Å²) in [5.41, 5.74) is 1.47. The summed E-state index contributed by atoms with van der Waals surface area (Å²) < 4.78 is 10.6. The molecule has 3 N–H and O–H groups in total. The van der Waals surface area contributed by atoms with Crippen LogP contribution in [-0.4, -0.2) is 28.8 Å². The van der Waals surface area contributed by atoms with Gasteiger partial charge in [-0.25, -0.2) is 9.78 Å². The highest BCUT2D eigenvalue weighted by molar-refractivity contribution is 7.14. The number of rotatable bonds is 5. The second-order valence-electron chi connectivity index (χ2n) is 5.57. The molecule has 1 aromatic heterocycles. The molecule has 0 unspecified atom stereocenters. The number of carbonyl (C=O) groups excluding carboxylic acids is 1. The summed E-state index contributed by atoms with van der Waals surface area (Å²) in [6.45, 7) is 0.198. The Balaban J connectivity index is 1.45. The van der Waals surface area contributed by atoms with Gasteiger partial charge in [-0.2, -0.15) is 0 Å². The van der Waals surface area contributed by atoms with Crippen LogP contribution in [-0.2, 0) is 0 Å². The molecule has 4 rings (SSSR count). The van der Waals surface area contributed by atoms with E-state index < -0.39 is 11.9 Å². The summed E-state index contributed by atoms with van der Waals surface area (Å²) in [6.07, 6.45) is 0. The van der Waals surface area contributed by atoms with Crippen LogP contribution in [0.4, 0.5) is 16.5 Å². The molecule has 9 heteroatoms. The van der Waals surface area contributed by atoms with Crippen LogP contribution >= 0.6 is 11.3 Å². The van der Waals surface area contributed by atoms with E-state index in [0.29, 0.717) is 22.3 Å². The molecule has 2 aromatic carbocycles. The van der Waals surface area contributed by atoms with Gasteiger partial charge in [0.2, 0.25) is 6.79 Å². The molecule has 3 aromatic rings. The van der Waals surface area contributed by atoms with Crippen molar-refractivity contribution in [2.24, 2.45) is 0 Å². The van der Waals surface area contributed by atoms with E-state index in [-0.39, 0.29) is 18.1 Å². The SMILES string of the molecule is O=C(O)c1cccc(NC(=O)c2csc(Nc3ccc4c(c3)OCO4)n2)c1. The number of hydrogen-bond donors (Lipinski definition) is 3. The number of nitrogens with zero attached hydrogens (tertiary/aromatic N) is 1. The summed E-state index contributed by atoms with van der Waals surface area (Å²) in [5, 5.41) is 16.9. The van der Waals surface area contributed by atoms with Gasteiger partial charge in [0.15, 0.2) is 16.6 Å². The number of benzene rings is 2. The molecule has 0 radical (unpaired) electrons. The van der Waals surface area contributed by atoms with Crippen molar-refractivity contribution in [2.75, 3.05) is 17.4 Å². The number of aromatic nitrogens is 1. The maximum Gasteiger partial charge on any atom is 0.335 e. The highest BCUT2D eigenvalue weighted by Crippen LogP contribution is 2.35. The van der Waals surface area contributed by atoms with E-state index >= 15 is 0 Å². The Labute approximate surface area is 157 Å². The van der Waals surface area contributed by atoms with Crippen LogP contribution in [0, 0.1) is 0 Å². The lowest BCUT2D eigenvalue weighted by molar-refractivity contribution is 0.0696.